The van der Waals surface area contributed by atoms with Crippen molar-refractivity contribution in [3.8, 4) is 0 Å². The number of hydrogen-bond acceptors (Lipinski definition) is 7. The summed E-state index contributed by atoms with van der Waals surface area (Å²) in [7, 11) is 0. The number of rotatable bonds is 9. The summed E-state index contributed by atoms with van der Waals surface area (Å²) < 4.78 is 14.2. The summed E-state index contributed by atoms with van der Waals surface area (Å²) in [4.78, 5) is 33.9. The van der Waals surface area contributed by atoms with E-state index in [-0.39, 0.29) is 38.4 Å². The average molecular weight is 300 g/mol. The van der Waals surface area contributed by atoms with Gasteiger partial charge in [0.1, 0.15) is 19.8 Å². The monoisotopic (exact) mass is 300 g/mol. The topological polar surface area (TPSA) is 99.1 Å². The van der Waals surface area contributed by atoms with Crippen LogP contribution in [0, 0.1) is 0 Å². The Kier molecular flexibility index (Phi) is 9.53. The van der Waals surface area contributed by atoms with Crippen LogP contribution in [0.3, 0.4) is 0 Å². The molecule has 0 bridgehead atoms. The molecule has 21 heavy (non-hydrogen) atoms. The minimum absolute atomic E-state index is 0.0722. The summed E-state index contributed by atoms with van der Waals surface area (Å²) in [6.45, 7) is 6.05. The van der Waals surface area contributed by atoms with Crippen molar-refractivity contribution < 1.29 is 33.7 Å². The fraction of sp³-hybridized carbons (Fsp3) is 0.500. The molecule has 7 heteroatoms. The first kappa shape index (κ1) is 18.9. The Labute approximate surface area is 123 Å². The lowest BCUT2D eigenvalue weighted by Crippen LogP contribution is -2.17. The minimum atomic E-state index is -0.767. The molecule has 0 amide bonds. The molecule has 0 rings (SSSR count). The van der Waals surface area contributed by atoms with Crippen LogP contribution in [0.25, 0.3) is 0 Å². The van der Waals surface area contributed by atoms with Gasteiger partial charge in [0.2, 0.25) is 0 Å². The number of ether oxygens (including phenoxy) is 3. The number of esters is 3. The third-order valence-electron chi connectivity index (χ3n) is 2.31. The molecule has 0 saturated heterocycles. The zero-order valence-electron chi connectivity index (χ0n) is 12.2. The van der Waals surface area contributed by atoms with E-state index < -0.39 is 17.9 Å². The van der Waals surface area contributed by atoms with Gasteiger partial charge in [-0.15, -0.1) is 0 Å². The number of carbonyl (C=O) groups excluding carboxylic acids is 3. The molecule has 0 unspecified atom stereocenters. The molecule has 0 aromatic carbocycles. The Morgan fingerprint density at radius 2 is 1.62 bits per heavy atom. The van der Waals surface area contributed by atoms with Crippen LogP contribution in [-0.4, -0.2) is 49.4 Å². The predicted molar refractivity (Wildman–Crippen MR) is 73.2 cm³/mol. The molecule has 0 aromatic rings. The van der Waals surface area contributed by atoms with Crippen LogP contribution in [0.2, 0.25) is 0 Å². The number of carbonyl (C=O) groups is 3. The second-order valence-corrected chi connectivity index (χ2v) is 3.97. The summed E-state index contributed by atoms with van der Waals surface area (Å²) in [5.41, 5.74) is 0.386. The van der Waals surface area contributed by atoms with Gasteiger partial charge < -0.3 is 19.3 Å². The first-order valence-corrected chi connectivity index (χ1v) is 6.33. The van der Waals surface area contributed by atoms with Crippen LogP contribution in [0.5, 0.6) is 0 Å². The van der Waals surface area contributed by atoms with Gasteiger partial charge in [0.15, 0.2) is 0 Å². The SMILES string of the molecule is C=C(CC(=O)OCCOC(=O)C(C)=CC)C(=O)OCCO. The summed E-state index contributed by atoms with van der Waals surface area (Å²) in [5.74, 6) is -1.93. The number of allylic oxidation sites excluding steroid dienone is 1. The normalized spacial score (nSPS) is 10.7. The molecule has 0 saturated carbocycles. The molecular formula is C14H20O7. The summed E-state index contributed by atoms with van der Waals surface area (Å²) >= 11 is 0. The molecule has 7 nitrogen and oxygen atoms in total. The lowest BCUT2D eigenvalue weighted by atomic mass is 10.2. The third kappa shape index (κ3) is 8.59. The second-order valence-electron chi connectivity index (χ2n) is 3.97. The Morgan fingerprint density at radius 1 is 1.05 bits per heavy atom. The Bertz CT molecular complexity index is 423. The maximum atomic E-state index is 11.4. The van der Waals surface area contributed by atoms with E-state index in [1.807, 2.05) is 0 Å². The summed E-state index contributed by atoms with van der Waals surface area (Å²) in [6, 6.07) is 0. The number of hydrogen-bond donors (Lipinski definition) is 1. The van der Waals surface area contributed by atoms with Gasteiger partial charge in [-0.1, -0.05) is 12.7 Å². The van der Waals surface area contributed by atoms with Gasteiger partial charge in [-0.25, -0.2) is 9.59 Å². The maximum Gasteiger partial charge on any atom is 0.334 e. The minimum Gasteiger partial charge on any atom is -0.462 e. The zero-order chi connectivity index (χ0) is 16.3. The van der Waals surface area contributed by atoms with Crippen molar-refractivity contribution >= 4 is 17.9 Å². The van der Waals surface area contributed by atoms with Gasteiger partial charge in [0, 0.05) is 11.1 Å². The number of aliphatic hydroxyl groups is 1. The lowest BCUT2D eigenvalue weighted by molar-refractivity contribution is -0.150. The van der Waals surface area contributed by atoms with Crippen LogP contribution in [-0.2, 0) is 28.6 Å². The molecule has 0 aliphatic carbocycles. The average Bonchev–Trinajstić information content (AvgIpc) is 2.47. The van der Waals surface area contributed by atoms with Crippen molar-refractivity contribution in [1.82, 2.24) is 0 Å². The van der Waals surface area contributed by atoms with Crippen molar-refractivity contribution in [2.24, 2.45) is 0 Å². The molecule has 118 valence electrons. The number of aliphatic hydroxyl groups excluding tert-OH is 1. The molecule has 0 spiro atoms. The van der Waals surface area contributed by atoms with E-state index in [2.05, 4.69) is 11.3 Å². The Morgan fingerprint density at radius 3 is 2.19 bits per heavy atom. The standard InChI is InChI=1S/C14H20O7/c1-4-10(2)13(17)21-8-7-19-12(16)9-11(3)14(18)20-6-5-15/h4,15H,3,5-9H2,1-2H3. The summed E-state index contributed by atoms with van der Waals surface area (Å²) in [5, 5.41) is 8.48. The van der Waals surface area contributed by atoms with E-state index in [4.69, 9.17) is 14.6 Å². The molecule has 0 radical (unpaired) electrons. The molecule has 0 aliphatic rings. The predicted octanol–water partition coefficient (Wildman–Crippen LogP) is 0.521. The highest BCUT2D eigenvalue weighted by molar-refractivity contribution is 5.93. The summed E-state index contributed by atoms with van der Waals surface area (Å²) in [6.07, 6.45) is 1.28. The molecule has 1 N–H and O–H groups in total. The van der Waals surface area contributed by atoms with E-state index in [9.17, 15) is 14.4 Å². The van der Waals surface area contributed by atoms with Gasteiger partial charge >= 0.3 is 17.9 Å². The van der Waals surface area contributed by atoms with Crippen LogP contribution < -0.4 is 0 Å². The van der Waals surface area contributed by atoms with Gasteiger partial charge in [-0.05, 0) is 13.8 Å². The van der Waals surface area contributed by atoms with Crippen LogP contribution >= 0.6 is 0 Å². The van der Waals surface area contributed by atoms with Crippen LogP contribution in [0.1, 0.15) is 20.3 Å². The maximum absolute atomic E-state index is 11.4. The zero-order valence-corrected chi connectivity index (χ0v) is 12.2. The van der Waals surface area contributed by atoms with Gasteiger partial charge in [0.25, 0.3) is 0 Å². The molecular weight excluding hydrogens is 280 g/mol. The molecule has 0 heterocycles. The quantitative estimate of drug-likeness (QED) is 0.287. The largest absolute Gasteiger partial charge is 0.462 e. The van der Waals surface area contributed by atoms with E-state index in [1.165, 1.54) is 0 Å². The Balaban J connectivity index is 3.88. The van der Waals surface area contributed by atoms with Crippen molar-refractivity contribution in [2.45, 2.75) is 20.3 Å². The first-order valence-electron chi connectivity index (χ1n) is 6.33. The molecule has 0 atom stereocenters. The van der Waals surface area contributed by atoms with E-state index >= 15 is 0 Å². The van der Waals surface area contributed by atoms with Gasteiger partial charge in [-0.2, -0.15) is 0 Å². The van der Waals surface area contributed by atoms with Crippen molar-refractivity contribution in [2.75, 3.05) is 26.4 Å². The van der Waals surface area contributed by atoms with Crippen molar-refractivity contribution in [3.05, 3.63) is 23.8 Å². The molecule has 0 aromatic heterocycles. The van der Waals surface area contributed by atoms with Crippen molar-refractivity contribution in [1.29, 1.82) is 0 Å². The van der Waals surface area contributed by atoms with Crippen LogP contribution in [0.15, 0.2) is 23.8 Å². The second kappa shape index (κ2) is 10.6. The van der Waals surface area contributed by atoms with Crippen molar-refractivity contribution in [3.63, 3.8) is 0 Å². The van der Waals surface area contributed by atoms with E-state index in [1.54, 1.807) is 19.9 Å². The molecule has 0 aliphatic heterocycles. The van der Waals surface area contributed by atoms with Gasteiger partial charge in [0.05, 0.1) is 13.0 Å². The molecule has 0 fully saturated rings. The smallest absolute Gasteiger partial charge is 0.334 e. The fourth-order valence-corrected chi connectivity index (χ4v) is 1.06. The fourth-order valence-electron chi connectivity index (χ4n) is 1.06. The van der Waals surface area contributed by atoms with E-state index in [0.29, 0.717) is 5.57 Å². The van der Waals surface area contributed by atoms with Crippen LogP contribution in [0.4, 0.5) is 0 Å². The first-order chi connectivity index (χ1) is 9.92. The Hall–Kier alpha value is -2.15. The van der Waals surface area contributed by atoms with E-state index in [0.717, 1.165) is 0 Å². The lowest BCUT2D eigenvalue weighted by Gasteiger charge is -2.08. The highest BCUT2D eigenvalue weighted by Gasteiger charge is 2.14. The highest BCUT2D eigenvalue weighted by atomic mass is 16.6. The third-order valence-corrected chi connectivity index (χ3v) is 2.31. The van der Waals surface area contributed by atoms with Gasteiger partial charge in [-0.3, -0.25) is 4.79 Å². The highest BCUT2D eigenvalue weighted by Crippen LogP contribution is 2.03.